The molecule has 7 nitrogen and oxygen atoms in total. The average molecular weight is 412 g/mol. The fourth-order valence-corrected chi connectivity index (χ4v) is 3.60. The molecule has 160 valence electrons. The molecule has 1 heterocycles. The van der Waals surface area contributed by atoms with E-state index in [0.717, 1.165) is 5.75 Å². The van der Waals surface area contributed by atoms with Crippen LogP contribution >= 0.6 is 0 Å². The lowest BCUT2D eigenvalue weighted by atomic mass is 10.1. The molecule has 0 unspecified atom stereocenters. The van der Waals surface area contributed by atoms with E-state index in [1.165, 1.54) is 0 Å². The van der Waals surface area contributed by atoms with E-state index >= 15 is 0 Å². The molecule has 0 saturated carbocycles. The minimum absolute atomic E-state index is 0.0914. The SMILES string of the molecule is CCOc1ccc(NC(=O)c2ccccc2NC(=O)CN2C[C@@H](C)O[C@@H](C)C2)cc1. The third-order valence-corrected chi connectivity index (χ3v) is 4.73. The van der Waals surface area contributed by atoms with E-state index in [9.17, 15) is 9.59 Å². The van der Waals surface area contributed by atoms with Gasteiger partial charge in [0.05, 0.1) is 36.6 Å². The van der Waals surface area contributed by atoms with Crippen LogP contribution in [0.2, 0.25) is 0 Å². The van der Waals surface area contributed by atoms with Crippen LogP contribution in [0.5, 0.6) is 5.75 Å². The summed E-state index contributed by atoms with van der Waals surface area (Å²) in [6, 6.07) is 14.2. The third-order valence-electron chi connectivity index (χ3n) is 4.73. The first-order valence-corrected chi connectivity index (χ1v) is 10.3. The molecule has 30 heavy (non-hydrogen) atoms. The van der Waals surface area contributed by atoms with Crippen molar-refractivity contribution in [2.45, 2.75) is 33.0 Å². The Balaban J connectivity index is 1.63. The molecule has 2 aromatic rings. The third kappa shape index (κ3) is 6.05. The summed E-state index contributed by atoms with van der Waals surface area (Å²) in [5.41, 5.74) is 1.55. The van der Waals surface area contributed by atoms with Crippen molar-refractivity contribution in [2.75, 3.05) is 36.9 Å². The van der Waals surface area contributed by atoms with Crippen molar-refractivity contribution in [1.29, 1.82) is 0 Å². The van der Waals surface area contributed by atoms with Crippen LogP contribution in [-0.4, -0.2) is 55.2 Å². The van der Waals surface area contributed by atoms with E-state index in [-0.39, 0.29) is 30.6 Å². The monoisotopic (exact) mass is 411 g/mol. The summed E-state index contributed by atoms with van der Waals surface area (Å²) in [5.74, 6) is 0.302. The van der Waals surface area contributed by atoms with E-state index in [2.05, 4.69) is 15.5 Å². The number of benzene rings is 2. The topological polar surface area (TPSA) is 79.9 Å². The number of nitrogens with one attached hydrogen (secondary N) is 2. The van der Waals surface area contributed by atoms with E-state index in [1.54, 1.807) is 48.5 Å². The molecule has 0 radical (unpaired) electrons. The largest absolute Gasteiger partial charge is 0.494 e. The summed E-state index contributed by atoms with van der Waals surface area (Å²) in [6.07, 6.45) is 0.183. The van der Waals surface area contributed by atoms with Crippen molar-refractivity contribution in [3.8, 4) is 5.75 Å². The van der Waals surface area contributed by atoms with Gasteiger partial charge < -0.3 is 20.1 Å². The van der Waals surface area contributed by atoms with Crippen LogP contribution in [0, 0.1) is 0 Å². The molecular weight excluding hydrogens is 382 g/mol. The van der Waals surface area contributed by atoms with Crippen LogP contribution < -0.4 is 15.4 Å². The predicted molar refractivity (Wildman–Crippen MR) is 117 cm³/mol. The van der Waals surface area contributed by atoms with Gasteiger partial charge in [-0.3, -0.25) is 14.5 Å². The van der Waals surface area contributed by atoms with Gasteiger partial charge in [-0.15, -0.1) is 0 Å². The number of amides is 2. The summed E-state index contributed by atoms with van der Waals surface area (Å²) in [6.45, 7) is 8.17. The quantitative estimate of drug-likeness (QED) is 0.730. The molecule has 2 amide bonds. The van der Waals surface area contributed by atoms with Gasteiger partial charge >= 0.3 is 0 Å². The Hall–Kier alpha value is -2.90. The molecule has 7 heteroatoms. The Morgan fingerprint density at radius 3 is 2.37 bits per heavy atom. The smallest absolute Gasteiger partial charge is 0.257 e. The number of para-hydroxylation sites is 1. The van der Waals surface area contributed by atoms with Crippen LogP contribution in [0.3, 0.4) is 0 Å². The van der Waals surface area contributed by atoms with Crippen LogP contribution in [0.15, 0.2) is 48.5 Å². The summed E-state index contributed by atoms with van der Waals surface area (Å²) < 4.78 is 11.1. The first kappa shape index (κ1) is 21.8. The second kappa shape index (κ2) is 10.2. The van der Waals surface area contributed by atoms with Gasteiger partial charge in [0.25, 0.3) is 5.91 Å². The molecule has 2 aromatic carbocycles. The minimum Gasteiger partial charge on any atom is -0.494 e. The predicted octanol–water partition coefficient (Wildman–Crippen LogP) is 3.39. The average Bonchev–Trinajstić information content (AvgIpc) is 2.69. The Morgan fingerprint density at radius 1 is 1.03 bits per heavy atom. The van der Waals surface area contributed by atoms with Crippen molar-refractivity contribution in [3.05, 3.63) is 54.1 Å². The zero-order valence-corrected chi connectivity index (χ0v) is 17.7. The standard InChI is InChI=1S/C23H29N3O4/c1-4-29-19-11-9-18(10-12-19)24-23(28)20-7-5-6-8-21(20)25-22(27)15-26-13-16(2)30-17(3)14-26/h5-12,16-17H,4,13-15H2,1-3H3,(H,24,28)(H,25,27)/t16-,17+. The van der Waals surface area contributed by atoms with Crippen molar-refractivity contribution in [1.82, 2.24) is 4.90 Å². The van der Waals surface area contributed by atoms with Gasteiger partial charge in [0, 0.05) is 18.8 Å². The van der Waals surface area contributed by atoms with Gasteiger partial charge in [0.2, 0.25) is 5.91 Å². The van der Waals surface area contributed by atoms with Crippen LogP contribution in [-0.2, 0) is 9.53 Å². The van der Waals surface area contributed by atoms with Crippen LogP contribution in [0.1, 0.15) is 31.1 Å². The maximum absolute atomic E-state index is 12.8. The van der Waals surface area contributed by atoms with E-state index in [4.69, 9.17) is 9.47 Å². The fraction of sp³-hybridized carbons (Fsp3) is 0.391. The Bertz CT molecular complexity index is 859. The van der Waals surface area contributed by atoms with Gasteiger partial charge in [-0.05, 0) is 57.2 Å². The summed E-state index contributed by atoms with van der Waals surface area (Å²) in [4.78, 5) is 27.4. The molecule has 3 rings (SSSR count). The summed E-state index contributed by atoms with van der Waals surface area (Å²) in [7, 11) is 0. The number of nitrogens with zero attached hydrogens (tertiary/aromatic N) is 1. The highest BCUT2D eigenvalue weighted by Crippen LogP contribution is 2.20. The molecule has 0 bridgehead atoms. The van der Waals surface area contributed by atoms with Gasteiger partial charge in [-0.25, -0.2) is 0 Å². The first-order chi connectivity index (χ1) is 14.4. The highest BCUT2D eigenvalue weighted by atomic mass is 16.5. The highest BCUT2D eigenvalue weighted by molar-refractivity contribution is 6.10. The lowest BCUT2D eigenvalue weighted by Gasteiger charge is -2.34. The van der Waals surface area contributed by atoms with Crippen molar-refractivity contribution >= 4 is 23.2 Å². The Kier molecular flexibility index (Phi) is 7.43. The number of ether oxygens (including phenoxy) is 2. The lowest BCUT2D eigenvalue weighted by molar-refractivity contribution is -0.121. The molecule has 2 atom stereocenters. The number of carbonyl (C=O) groups excluding carboxylic acids is 2. The number of hydrogen-bond donors (Lipinski definition) is 2. The maximum atomic E-state index is 12.8. The molecule has 1 aliphatic rings. The van der Waals surface area contributed by atoms with Crippen LogP contribution in [0.25, 0.3) is 0 Å². The second-order valence-electron chi connectivity index (χ2n) is 7.46. The van der Waals surface area contributed by atoms with Gasteiger partial charge in [0.1, 0.15) is 5.75 Å². The number of carbonyl (C=O) groups is 2. The highest BCUT2D eigenvalue weighted by Gasteiger charge is 2.24. The Morgan fingerprint density at radius 2 is 1.70 bits per heavy atom. The number of morpholine rings is 1. The Labute approximate surface area is 177 Å². The van der Waals surface area contributed by atoms with Gasteiger partial charge in [-0.1, -0.05) is 12.1 Å². The van der Waals surface area contributed by atoms with Crippen molar-refractivity contribution in [2.24, 2.45) is 0 Å². The van der Waals surface area contributed by atoms with E-state index in [1.807, 2.05) is 20.8 Å². The molecule has 0 aromatic heterocycles. The molecular formula is C23H29N3O4. The van der Waals surface area contributed by atoms with Crippen molar-refractivity contribution < 1.29 is 19.1 Å². The second-order valence-corrected chi connectivity index (χ2v) is 7.46. The zero-order valence-electron chi connectivity index (χ0n) is 17.7. The maximum Gasteiger partial charge on any atom is 0.257 e. The van der Waals surface area contributed by atoms with Crippen LogP contribution in [0.4, 0.5) is 11.4 Å². The molecule has 0 aliphatic carbocycles. The molecule has 1 saturated heterocycles. The molecule has 1 fully saturated rings. The first-order valence-electron chi connectivity index (χ1n) is 10.3. The minimum atomic E-state index is -0.288. The van der Waals surface area contributed by atoms with E-state index < -0.39 is 0 Å². The zero-order chi connectivity index (χ0) is 21.5. The summed E-state index contributed by atoms with van der Waals surface area (Å²) >= 11 is 0. The lowest BCUT2D eigenvalue weighted by Crippen LogP contribution is -2.48. The van der Waals surface area contributed by atoms with Crippen molar-refractivity contribution in [3.63, 3.8) is 0 Å². The number of rotatable bonds is 7. The van der Waals surface area contributed by atoms with Gasteiger partial charge in [-0.2, -0.15) is 0 Å². The molecule has 0 spiro atoms. The fourth-order valence-electron chi connectivity index (χ4n) is 3.60. The molecule has 2 N–H and O–H groups in total. The molecule has 1 aliphatic heterocycles. The summed E-state index contributed by atoms with van der Waals surface area (Å²) in [5, 5.41) is 5.74. The number of anilines is 2. The number of hydrogen-bond acceptors (Lipinski definition) is 5. The van der Waals surface area contributed by atoms with Gasteiger partial charge in [0.15, 0.2) is 0 Å². The normalized spacial score (nSPS) is 19.2. The van der Waals surface area contributed by atoms with E-state index in [0.29, 0.717) is 36.6 Å².